The van der Waals surface area contributed by atoms with Crippen molar-refractivity contribution in [2.24, 2.45) is 0 Å². The predicted octanol–water partition coefficient (Wildman–Crippen LogP) is 1.80. The molecule has 0 bridgehead atoms. The fourth-order valence-electron chi connectivity index (χ4n) is 0.889. The lowest BCUT2D eigenvalue weighted by atomic mass is 10.2. The lowest BCUT2D eigenvalue weighted by Crippen LogP contribution is -2.22. The van der Waals surface area contributed by atoms with E-state index in [0.29, 0.717) is 19.6 Å². The highest BCUT2D eigenvalue weighted by Crippen LogP contribution is 1.96. The van der Waals surface area contributed by atoms with E-state index in [2.05, 4.69) is 0 Å². The average molecular weight is 188 g/mol. The largest absolute Gasteiger partial charge is 0.376 e. The standard InChI is InChI=1S/C10H20O3/c1-5-10(11)9(4)13-7-6-12-8(2)3/h8-9H,5-7H2,1-4H3. The fraction of sp³-hybridized carbons (Fsp3) is 0.900. The quantitative estimate of drug-likeness (QED) is 0.571. The first-order valence-corrected chi connectivity index (χ1v) is 4.83. The van der Waals surface area contributed by atoms with Crippen LogP contribution in [-0.4, -0.2) is 31.2 Å². The molecule has 0 amide bonds. The van der Waals surface area contributed by atoms with Gasteiger partial charge in [-0.1, -0.05) is 6.92 Å². The third kappa shape index (κ3) is 6.72. The molecule has 0 heterocycles. The van der Waals surface area contributed by atoms with E-state index in [1.54, 1.807) is 6.92 Å². The molecule has 0 N–H and O–H groups in total. The molecular formula is C10H20O3. The Hall–Kier alpha value is -0.410. The van der Waals surface area contributed by atoms with Crippen LogP contribution in [0.2, 0.25) is 0 Å². The van der Waals surface area contributed by atoms with Crippen LogP contribution in [0.15, 0.2) is 0 Å². The minimum Gasteiger partial charge on any atom is -0.376 e. The molecule has 0 radical (unpaired) electrons. The second-order valence-corrected chi connectivity index (χ2v) is 3.25. The summed E-state index contributed by atoms with van der Waals surface area (Å²) in [4.78, 5) is 11.1. The van der Waals surface area contributed by atoms with E-state index in [9.17, 15) is 4.79 Å². The van der Waals surface area contributed by atoms with Crippen LogP contribution in [0.4, 0.5) is 0 Å². The van der Waals surface area contributed by atoms with E-state index in [-0.39, 0.29) is 18.0 Å². The number of carbonyl (C=O) groups is 1. The third-order valence-corrected chi connectivity index (χ3v) is 1.70. The van der Waals surface area contributed by atoms with Gasteiger partial charge in [-0.25, -0.2) is 0 Å². The SMILES string of the molecule is CCC(=O)C(C)OCCOC(C)C. The summed E-state index contributed by atoms with van der Waals surface area (Å²) in [5, 5.41) is 0. The summed E-state index contributed by atoms with van der Waals surface area (Å²) in [6, 6.07) is 0. The summed E-state index contributed by atoms with van der Waals surface area (Å²) in [5.74, 6) is 0.143. The number of hydrogen-bond acceptors (Lipinski definition) is 3. The molecule has 3 nitrogen and oxygen atoms in total. The van der Waals surface area contributed by atoms with Gasteiger partial charge in [-0.3, -0.25) is 4.79 Å². The highest BCUT2D eigenvalue weighted by molar-refractivity contribution is 5.82. The number of Topliss-reactive ketones (excluding diaryl/α,β-unsaturated/α-hetero) is 1. The van der Waals surface area contributed by atoms with Crippen LogP contribution in [0.1, 0.15) is 34.1 Å². The van der Waals surface area contributed by atoms with Crippen LogP contribution in [0.3, 0.4) is 0 Å². The molecule has 0 aliphatic rings. The minimum absolute atomic E-state index is 0.143. The van der Waals surface area contributed by atoms with Crippen molar-refractivity contribution in [2.45, 2.75) is 46.3 Å². The predicted molar refractivity (Wildman–Crippen MR) is 51.8 cm³/mol. The molecule has 0 aromatic rings. The van der Waals surface area contributed by atoms with E-state index in [1.165, 1.54) is 0 Å². The maximum absolute atomic E-state index is 11.1. The first-order valence-electron chi connectivity index (χ1n) is 4.83. The molecule has 0 aliphatic carbocycles. The maximum atomic E-state index is 11.1. The topological polar surface area (TPSA) is 35.5 Å². The molecule has 0 spiro atoms. The molecular weight excluding hydrogens is 168 g/mol. The van der Waals surface area contributed by atoms with Crippen molar-refractivity contribution in [1.82, 2.24) is 0 Å². The highest BCUT2D eigenvalue weighted by atomic mass is 16.5. The summed E-state index contributed by atoms with van der Waals surface area (Å²) >= 11 is 0. The maximum Gasteiger partial charge on any atom is 0.160 e. The molecule has 0 aromatic carbocycles. The lowest BCUT2D eigenvalue weighted by Gasteiger charge is -2.12. The smallest absolute Gasteiger partial charge is 0.160 e. The minimum atomic E-state index is -0.291. The van der Waals surface area contributed by atoms with E-state index >= 15 is 0 Å². The molecule has 0 rings (SSSR count). The van der Waals surface area contributed by atoms with Gasteiger partial charge in [-0.2, -0.15) is 0 Å². The number of ketones is 1. The molecule has 78 valence electrons. The van der Waals surface area contributed by atoms with E-state index in [4.69, 9.17) is 9.47 Å². The Morgan fingerprint density at radius 3 is 2.15 bits per heavy atom. The van der Waals surface area contributed by atoms with Crippen LogP contribution in [-0.2, 0) is 14.3 Å². The van der Waals surface area contributed by atoms with E-state index in [0.717, 1.165) is 0 Å². The van der Waals surface area contributed by atoms with Gasteiger partial charge in [0.2, 0.25) is 0 Å². The van der Waals surface area contributed by atoms with Crippen molar-refractivity contribution >= 4 is 5.78 Å². The zero-order chi connectivity index (χ0) is 10.3. The Morgan fingerprint density at radius 2 is 1.69 bits per heavy atom. The summed E-state index contributed by atoms with van der Waals surface area (Å²) in [7, 11) is 0. The normalized spacial score (nSPS) is 13.3. The molecule has 3 heteroatoms. The van der Waals surface area contributed by atoms with Crippen molar-refractivity contribution < 1.29 is 14.3 Å². The van der Waals surface area contributed by atoms with E-state index in [1.807, 2.05) is 20.8 Å². The highest BCUT2D eigenvalue weighted by Gasteiger charge is 2.09. The summed E-state index contributed by atoms with van der Waals surface area (Å²) < 4.78 is 10.5. The monoisotopic (exact) mass is 188 g/mol. The van der Waals surface area contributed by atoms with Gasteiger partial charge in [0.05, 0.1) is 19.3 Å². The Balaban J connectivity index is 3.37. The molecule has 0 saturated heterocycles. The van der Waals surface area contributed by atoms with Crippen LogP contribution >= 0.6 is 0 Å². The van der Waals surface area contributed by atoms with Crippen molar-refractivity contribution in [2.75, 3.05) is 13.2 Å². The average Bonchev–Trinajstić information content (AvgIpc) is 2.10. The second-order valence-electron chi connectivity index (χ2n) is 3.25. The molecule has 0 aromatic heterocycles. The van der Waals surface area contributed by atoms with Gasteiger partial charge in [0.15, 0.2) is 5.78 Å². The molecule has 1 unspecified atom stereocenters. The van der Waals surface area contributed by atoms with Crippen molar-refractivity contribution in [3.63, 3.8) is 0 Å². The number of ether oxygens (including phenoxy) is 2. The zero-order valence-corrected chi connectivity index (χ0v) is 9.00. The third-order valence-electron chi connectivity index (χ3n) is 1.70. The molecule has 0 fully saturated rings. The van der Waals surface area contributed by atoms with Crippen LogP contribution in [0, 0.1) is 0 Å². The fourth-order valence-corrected chi connectivity index (χ4v) is 0.889. The van der Waals surface area contributed by atoms with E-state index < -0.39 is 0 Å². The Morgan fingerprint density at radius 1 is 1.15 bits per heavy atom. The summed E-state index contributed by atoms with van der Waals surface area (Å²) in [5.41, 5.74) is 0. The van der Waals surface area contributed by atoms with Gasteiger partial charge in [0.25, 0.3) is 0 Å². The first-order chi connectivity index (χ1) is 6.07. The molecule has 1 atom stereocenters. The summed E-state index contributed by atoms with van der Waals surface area (Å²) in [6.07, 6.45) is 0.466. The van der Waals surface area contributed by atoms with Crippen LogP contribution < -0.4 is 0 Å². The van der Waals surface area contributed by atoms with Crippen molar-refractivity contribution in [3.8, 4) is 0 Å². The van der Waals surface area contributed by atoms with Gasteiger partial charge >= 0.3 is 0 Å². The summed E-state index contributed by atoms with van der Waals surface area (Å²) in [6.45, 7) is 8.61. The van der Waals surface area contributed by atoms with Gasteiger partial charge < -0.3 is 9.47 Å². The Bertz CT molecular complexity index is 143. The zero-order valence-electron chi connectivity index (χ0n) is 9.00. The van der Waals surface area contributed by atoms with Gasteiger partial charge in [0, 0.05) is 6.42 Å². The molecule has 0 saturated carbocycles. The van der Waals surface area contributed by atoms with Gasteiger partial charge in [-0.15, -0.1) is 0 Å². The lowest BCUT2D eigenvalue weighted by molar-refractivity contribution is -0.130. The number of carbonyl (C=O) groups excluding carboxylic acids is 1. The van der Waals surface area contributed by atoms with Crippen molar-refractivity contribution in [3.05, 3.63) is 0 Å². The van der Waals surface area contributed by atoms with Crippen LogP contribution in [0.25, 0.3) is 0 Å². The van der Waals surface area contributed by atoms with Crippen molar-refractivity contribution in [1.29, 1.82) is 0 Å². The Labute approximate surface area is 80.4 Å². The number of hydrogen-bond donors (Lipinski definition) is 0. The van der Waals surface area contributed by atoms with Gasteiger partial charge in [-0.05, 0) is 20.8 Å². The van der Waals surface area contributed by atoms with Gasteiger partial charge in [0.1, 0.15) is 6.10 Å². The number of rotatable bonds is 7. The molecule has 0 aliphatic heterocycles. The van der Waals surface area contributed by atoms with Crippen LogP contribution in [0.5, 0.6) is 0 Å². The Kier molecular flexibility index (Phi) is 6.82. The first kappa shape index (κ1) is 12.6. The molecule has 13 heavy (non-hydrogen) atoms. The second kappa shape index (κ2) is 7.04.